The van der Waals surface area contributed by atoms with Gasteiger partial charge in [0.05, 0.1) is 21.8 Å². The first kappa shape index (κ1) is 22.3. The van der Waals surface area contributed by atoms with E-state index in [1.54, 1.807) is 18.2 Å². The lowest BCUT2D eigenvalue weighted by Gasteiger charge is -2.23. The van der Waals surface area contributed by atoms with Gasteiger partial charge in [-0.15, -0.1) is 0 Å². The van der Waals surface area contributed by atoms with E-state index < -0.39 is 17.7 Å². The Labute approximate surface area is 211 Å². The van der Waals surface area contributed by atoms with Gasteiger partial charge in [0.1, 0.15) is 19.0 Å². The molecule has 1 atom stereocenters. The zero-order valence-corrected chi connectivity index (χ0v) is 20.5. The number of benzene rings is 3. The number of rotatable bonds is 3. The van der Waals surface area contributed by atoms with Gasteiger partial charge in [0.2, 0.25) is 0 Å². The zero-order chi connectivity index (χ0) is 25.0. The van der Waals surface area contributed by atoms with Gasteiger partial charge in [-0.2, -0.15) is 0 Å². The quantitative estimate of drug-likeness (QED) is 0.234. The predicted octanol–water partition coefficient (Wildman–Crippen LogP) is 5.31. The highest BCUT2D eigenvalue weighted by Gasteiger charge is 2.48. The topological polar surface area (TPSA) is 89.0 Å². The van der Waals surface area contributed by atoms with Crippen molar-refractivity contribution >= 4 is 44.1 Å². The van der Waals surface area contributed by atoms with E-state index >= 15 is 0 Å². The van der Waals surface area contributed by atoms with Crippen LogP contribution in [0.3, 0.4) is 0 Å². The maximum atomic E-state index is 13.5. The van der Waals surface area contributed by atoms with Gasteiger partial charge < -0.3 is 14.6 Å². The first-order valence-electron chi connectivity index (χ1n) is 11.6. The number of aliphatic hydroxyl groups excluding tert-OH is 1. The molecule has 0 saturated carbocycles. The number of nitrogens with zero attached hydrogens (tertiary/aromatic N) is 2. The molecule has 0 aliphatic carbocycles. The molecule has 6 rings (SSSR count). The van der Waals surface area contributed by atoms with E-state index in [-0.39, 0.29) is 11.3 Å². The van der Waals surface area contributed by atoms with E-state index in [9.17, 15) is 14.7 Å². The number of carbonyl (C=O) groups is 2. The molecule has 2 aliphatic heterocycles. The van der Waals surface area contributed by atoms with Crippen molar-refractivity contribution in [2.24, 2.45) is 0 Å². The van der Waals surface area contributed by atoms with Crippen LogP contribution in [0.5, 0.6) is 11.5 Å². The Morgan fingerprint density at radius 2 is 1.75 bits per heavy atom. The minimum Gasteiger partial charge on any atom is -0.507 e. The van der Waals surface area contributed by atoms with Crippen molar-refractivity contribution in [2.75, 3.05) is 18.1 Å². The molecule has 0 radical (unpaired) electrons. The average Bonchev–Trinajstić information content (AvgIpc) is 3.42. The van der Waals surface area contributed by atoms with Crippen LogP contribution in [-0.2, 0) is 9.59 Å². The number of aromatic nitrogens is 1. The molecule has 36 heavy (non-hydrogen) atoms. The van der Waals surface area contributed by atoms with Crippen molar-refractivity contribution in [2.45, 2.75) is 19.9 Å². The van der Waals surface area contributed by atoms with Crippen LogP contribution in [0.25, 0.3) is 16.0 Å². The Morgan fingerprint density at radius 1 is 1.00 bits per heavy atom. The van der Waals surface area contributed by atoms with Gasteiger partial charge in [0.15, 0.2) is 16.6 Å². The normalized spacial score (nSPS) is 18.7. The summed E-state index contributed by atoms with van der Waals surface area (Å²) < 4.78 is 12.2. The minimum absolute atomic E-state index is 0.00929. The average molecular weight is 499 g/mol. The van der Waals surface area contributed by atoms with Crippen molar-refractivity contribution in [1.82, 2.24) is 4.98 Å². The summed E-state index contributed by atoms with van der Waals surface area (Å²) in [7, 11) is 0. The van der Waals surface area contributed by atoms with Crippen LogP contribution >= 0.6 is 11.3 Å². The number of carbonyl (C=O) groups excluding carboxylic acids is 2. The number of ether oxygens (including phenoxy) is 2. The molecule has 1 saturated heterocycles. The number of Topliss-reactive ketones (excluding diaryl/α,β-unsaturated/α-hetero) is 1. The zero-order valence-electron chi connectivity index (χ0n) is 19.6. The van der Waals surface area contributed by atoms with Gasteiger partial charge >= 0.3 is 5.91 Å². The summed E-state index contributed by atoms with van der Waals surface area (Å²) in [6, 6.07) is 17.4. The largest absolute Gasteiger partial charge is 0.507 e. The summed E-state index contributed by atoms with van der Waals surface area (Å²) >= 11 is 1.36. The fourth-order valence-electron chi connectivity index (χ4n) is 4.79. The molecule has 180 valence electrons. The standard InChI is InChI=1S/C28H22N2O5S/c1-15-12-16(2)23-21(13-15)36-28(29-23)30-24(17-6-4-3-5-7-17)22(26(32)27(30)33)25(31)18-8-9-19-20(14-18)35-11-10-34-19/h3-9,12-14,24,31H,10-11H2,1-2H3/t24-/m0/s1. The summed E-state index contributed by atoms with van der Waals surface area (Å²) in [5.74, 6) is -0.708. The summed E-state index contributed by atoms with van der Waals surface area (Å²) in [5, 5.41) is 11.8. The molecule has 3 heterocycles. The van der Waals surface area contributed by atoms with Gasteiger partial charge in [-0.05, 0) is 54.8 Å². The molecule has 0 bridgehead atoms. The third-order valence-corrected chi connectivity index (χ3v) is 7.40. The van der Waals surface area contributed by atoms with Gasteiger partial charge in [0, 0.05) is 5.56 Å². The maximum Gasteiger partial charge on any atom is 0.301 e. The van der Waals surface area contributed by atoms with Crippen LogP contribution < -0.4 is 14.4 Å². The highest BCUT2D eigenvalue weighted by molar-refractivity contribution is 7.22. The lowest BCUT2D eigenvalue weighted by atomic mass is 9.95. The summed E-state index contributed by atoms with van der Waals surface area (Å²) in [5.41, 5.74) is 3.96. The van der Waals surface area contributed by atoms with E-state index in [0.717, 1.165) is 21.3 Å². The van der Waals surface area contributed by atoms with Gasteiger partial charge in [-0.1, -0.05) is 47.7 Å². The monoisotopic (exact) mass is 498 g/mol. The number of thiazole rings is 1. The molecule has 1 aromatic heterocycles. The van der Waals surface area contributed by atoms with Crippen molar-refractivity contribution < 1.29 is 24.2 Å². The molecule has 7 nitrogen and oxygen atoms in total. The highest BCUT2D eigenvalue weighted by Crippen LogP contribution is 2.45. The molecule has 1 fully saturated rings. The fraction of sp³-hybridized carbons (Fsp3) is 0.179. The second kappa shape index (κ2) is 8.49. The van der Waals surface area contributed by atoms with E-state index in [0.29, 0.717) is 41.0 Å². The van der Waals surface area contributed by atoms with Crippen LogP contribution in [0.4, 0.5) is 5.13 Å². The summed E-state index contributed by atoms with van der Waals surface area (Å²) in [6.07, 6.45) is 0. The van der Waals surface area contributed by atoms with Crippen molar-refractivity contribution in [3.63, 3.8) is 0 Å². The Bertz CT molecular complexity index is 1570. The molecule has 2 aliphatic rings. The third kappa shape index (κ3) is 3.53. The van der Waals surface area contributed by atoms with Gasteiger partial charge in [0.25, 0.3) is 5.78 Å². The van der Waals surface area contributed by atoms with Gasteiger partial charge in [-0.3, -0.25) is 14.5 Å². The molecule has 3 aromatic carbocycles. The Hall–Kier alpha value is -4.17. The van der Waals surface area contributed by atoms with Crippen molar-refractivity contribution in [1.29, 1.82) is 0 Å². The van der Waals surface area contributed by atoms with E-state index in [4.69, 9.17) is 14.5 Å². The molecule has 0 unspecified atom stereocenters. The summed E-state index contributed by atoms with van der Waals surface area (Å²) in [4.78, 5) is 33.0. The maximum absolute atomic E-state index is 13.5. The first-order chi connectivity index (χ1) is 17.4. The lowest BCUT2D eigenvalue weighted by Crippen LogP contribution is -2.29. The Kier molecular flexibility index (Phi) is 5.26. The molecule has 1 amide bonds. The highest BCUT2D eigenvalue weighted by atomic mass is 32.1. The number of aliphatic hydroxyl groups is 1. The third-order valence-electron chi connectivity index (χ3n) is 6.40. The van der Waals surface area contributed by atoms with Gasteiger partial charge in [-0.25, -0.2) is 4.98 Å². The number of aryl methyl sites for hydroxylation is 2. The molecular weight excluding hydrogens is 476 g/mol. The van der Waals surface area contributed by atoms with Crippen LogP contribution in [0.15, 0.2) is 66.2 Å². The number of ketones is 1. The second-order valence-electron chi connectivity index (χ2n) is 8.86. The van der Waals surface area contributed by atoms with Crippen LogP contribution in [-0.4, -0.2) is 35.0 Å². The molecular formula is C28H22N2O5S. The lowest BCUT2D eigenvalue weighted by molar-refractivity contribution is -0.132. The van der Waals surface area contributed by atoms with E-state index in [2.05, 4.69) is 0 Å². The van der Waals surface area contributed by atoms with E-state index in [1.807, 2.05) is 56.3 Å². The SMILES string of the molecule is Cc1cc(C)c2nc(N3C(=O)C(=O)C(=C(O)c4ccc5c(c4)OCCO5)[C@@H]3c3ccccc3)sc2c1. The van der Waals surface area contributed by atoms with E-state index in [1.165, 1.54) is 16.2 Å². The number of anilines is 1. The number of hydrogen-bond donors (Lipinski definition) is 1. The van der Waals surface area contributed by atoms with Crippen LogP contribution in [0, 0.1) is 13.8 Å². The number of fused-ring (bicyclic) bond motifs is 2. The number of amides is 1. The van der Waals surface area contributed by atoms with Crippen molar-refractivity contribution in [3.05, 3.63) is 88.5 Å². The molecule has 4 aromatic rings. The fourth-order valence-corrected chi connectivity index (χ4v) is 5.96. The van der Waals surface area contributed by atoms with Crippen LogP contribution in [0.2, 0.25) is 0 Å². The number of hydrogen-bond acceptors (Lipinski definition) is 7. The minimum atomic E-state index is -0.832. The Morgan fingerprint density at radius 3 is 2.53 bits per heavy atom. The molecule has 8 heteroatoms. The molecule has 0 spiro atoms. The molecule has 1 N–H and O–H groups in total. The smallest absolute Gasteiger partial charge is 0.301 e. The first-order valence-corrected chi connectivity index (χ1v) is 12.4. The van der Waals surface area contributed by atoms with Crippen LogP contribution in [0.1, 0.15) is 28.3 Å². The predicted molar refractivity (Wildman–Crippen MR) is 138 cm³/mol. The summed E-state index contributed by atoms with van der Waals surface area (Å²) in [6.45, 7) is 4.82. The van der Waals surface area contributed by atoms with Crippen molar-refractivity contribution in [3.8, 4) is 11.5 Å². The Balaban J connectivity index is 1.54. The second-order valence-corrected chi connectivity index (χ2v) is 9.87.